The fourth-order valence-electron chi connectivity index (χ4n) is 4.07. The largest absolute Gasteiger partial charge is 0.484 e. The molecule has 0 radical (unpaired) electrons. The molecule has 2 N–H and O–H groups in total. The number of hydrogen-bond acceptors (Lipinski definition) is 4. The standard InChI is InChI=1S/C21H23N3O4/c1-13-9-14(2)23-19(26)16(13)11-22-20(27)24-8-7-21(12-24)10-17(25)15-5-3-4-6-18(15)28-21/h3-6,9H,7-8,10-12H2,1-2H3,(H,22,27)(H,23,26)/t21-/m0/s1. The lowest BCUT2D eigenvalue weighted by Crippen LogP contribution is -2.47. The molecule has 3 heterocycles. The zero-order chi connectivity index (χ0) is 19.9. The molecule has 2 aliphatic heterocycles. The molecule has 0 aliphatic carbocycles. The summed E-state index contributed by atoms with van der Waals surface area (Å²) >= 11 is 0. The highest BCUT2D eigenvalue weighted by atomic mass is 16.5. The summed E-state index contributed by atoms with van der Waals surface area (Å²) in [4.78, 5) is 41.6. The van der Waals surface area contributed by atoms with Gasteiger partial charge in [0.2, 0.25) is 0 Å². The molecule has 146 valence electrons. The Bertz CT molecular complexity index is 1010. The van der Waals surface area contributed by atoms with E-state index in [0.717, 1.165) is 11.3 Å². The predicted octanol–water partition coefficient (Wildman–Crippen LogP) is 2.31. The topological polar surface area (TPSA) is 91.5 Å². The molecule has 2 amide bonds. The molecular formula is C21H23N3O4. The number of ether oxygens (including phenoxy) is 1. The van der Waals surface area contributed by atoms with Crippen LogP contribution >= 0.6 is 0 Å². The van der Waals surface area contributed by atoms with Crippen molar-refractivity contribution < 1.29 is 14.3 Å². The summed E-state index contributed by atoms with van der Waals surface area (Å²) in [5, 5.41) is 2.82. The van der Waals surface area contributed by atoms with Crippen LogP contribution in [0.4, 0.5) is 4.79 Å². The molecule has 2 aliphatic rings. The number of aromatic amines is 1. The molecular weight excluding hydrogens is 358 g/mol. The Hall–Kier alpha value is -3.09. The number of urea groups is 1. The van der Waals surface area contributed by atoms with Crippen molar-refractivity contribution in [2.45, 2.75) is 38.8 Å². The molecule has 2 aromatic rings. The van der Waals surface area contributed by atoms with E-state index in [1.54, 1.807) is 17.0 Å². The first-order valence-electron chi connectivity index (χ1n) is 9.40. The number of aromatic nitrogens is 1. The minimum Gasteiger partial charge on any atom is -0.484 e. The van der Waals surface area contributed by atoms with Crippen molar-refractivity contribution in [1.82, 2.24) is 15.2 Å². The van der Waals surface area contributed by atoms with E-state index in [4.69, 9.17) is 4.74 Å². The molecule has 0 bridgehead atoms. The lowest BCUT2D eigenvalue weighted by Gasteiger charge is -2.34. The van der Waals surface area contributed by atoms with Gasteiger partial charge in [0.15, 0.2) is 5.78 Å². The van der Waals surface area contributed by atoms with Crippen molar-refractivity contribution in [3.05, 3.63) is 63.1 Å². The van der Waals surface area contributed by atoms with Crippen LogP contribution in [0.25, 0.3) is 0 Å². The lowest BCUT2D eigenvalue weighted by atomic mass is 9.89. The number of para-hydroxylation sites is 1. The van der Waals surface area contributed by atoms with Crippen LogP contribution in [0.3, 0.4) is 0 Å². The predicted molar refractivity (Wildman–Crippen MR) is 104 cm³/mol. The fraction of sp³-hybridized carbons (Fsp3) is 0.381. The van der Waals surface area contributed by atoms with E-state index in [1.165, 1.54) is 0 Å². The van der Waals surface area contributed by atoms with Crippen LogP contribution in [0.5, 0.6) is 5.75 Å². The quantitative estimate of drug-likeness (QED) is 0.835. The molecule has 1 fully saturated rings. The van der Waals surface area contributed by atoms with E-state index in [0.29, 0.717) is 36.4 Å². The summed E-state index contributed by atoms with van der Waals surface area (Å²) in [6.07, 6.45) is 0.870. The number of benzene rings is 1. The molecule has 4 rings (SSSR count). The summed E-state index contributed by atoms with van der Waals surface area (Å²) < 4.78 is 6.15. The maximum absolute atomic E-state index is 12.6. The number of aryl methyl sites for hydroxylation is 2. The maximum atomic E-state index is 12.6. The molecule has 1 aromatic heterocycles. The second kappa shape index (κ2) is 6.82. The number of carbonyl (C=O) groups excluding carboxylic acids is 2. The molecule has 1 aromatic carbocycles. The van der Waals surface area contributed by atoms with E-state index in [9.17, 15) is 14.4 Å². The summed E-state index contributed by atoms with van der Waals surface area (Å²) in [7, 11) is 0. The number of rotatable bonds is 2. The van der Waals surface area contributed by atoms with E-state index in [1.807, 2.05) is 32.0 Å². The molecule has 1 spiro atoms. The van der Waals surface area contributed by atoms with Gasteiger partial charge in [0.1, 0.15) is 11.4 Å². The smallest absolute Gasteiger partial charge is 0.317 e. The number of carbonyl (C=O) groups is 2. The van der Waals surface area contributed by atoms with E-state index < -0.39 is 5.60 Å². The first-order chi connectivity index (χ1) is 13.4. The van der Waals surface area contributed by atoms with Crippen LogP contribution in [0.15, 0.2) is 35.1 Å². The van der Waals surface area contributed by atoms with Gasteiger partial charge < -0.3 is 19.9 Å². The molecule has 28 heavy (non-hydrogen) atoms. The lowest BCUT2D eigenvalue weighted by molar-refractivity contribution is 0.0478. The number of nitrogens with one attached hydrogen (secondary N) is 2. The highest BCUT2D eigenvalue weighted by Crippen LogP contribution is 2.38. The molecule has 7 heteroatoms. The zero-order valence-corrected chi connectivity index (χ0v) is 16.0. The number of nitrogens with zero attached hydrogens (tertiary/aromatic N) is 1. The Balaban J connectivity index is 1.43. The number of pyridine rings is 1. The van der Waals surface area contributed by atoms with E-state index >= 15 is 0 Å². The van der Waals surface area contributed by atoms with Crippen LogP contribution in [0.2, 0.25) is 0 Å². The molecule has 0 unspecified atom stereocenters. The van der Waals surface area contributed by atoms with Gasteiger partial charge in [0.05, 0.1) is 25.1 Å². The van der Waals surface area contributed by atoms with Crippen molar-refractivity contribution >= 4 is 11.8 Å². The van der Waals surface area contributed by atoms with Gasteiger partial charge in [-0.05, 0) is 37.6 Å². The van der Waals surface area contributed by atoms with Crippen molar-refractivity contribution in [1.29, 1.82) is 0 Å². The average Bonchev–Trinajstić information content (AvgIpc) is 3.03. The minimum atomic E-state index is -0.667. The van der Waals surface area contributed by atoms with Gasteiger partial charge in [-0.2, -0.15) is 0 Å². The van der Waals surface area contributed by atoms with Gasteiger partial charge in [-0.15, -0.1) is 0 Å². The molecule has 7 nitrogen and oxygen atoms in total. The minimum absolute atomic E-state index is 0.0472. The van der Waals surface area contributed by atoms with Crippen molar-refractivity contribution in [3.8, 4) is 5.75 Å². The zero-order valence-electron chi connectivity index (χ0n) is 16.0. The second-order valence-electron chi connectivity index (χ2n) is 7.65. The van der Waals surface area contributed by atoms with Crippen molar-refractivity contribution in [2.75, 3.05) is 13.1 Å². The summed E-state index contributed by atoms with van der Waals surface area (Å²) in [5.74, 6) is 0.633. The molecule has 0 saturated carbocycles. The summed E-state index contributed by atoms with van der Waals surface area (Å²) in [6.45, 7) is 4.69. The second-order valence-corrected chi connectivity index (χ2v) is 7.65. The number of H-pyrrole nitrogens is 1. The Morgan fingerprint density at radius 3 is 2.86 bits per heavy atom. The van der Waals surface area contributed by atoms with Crippen LogP contribution in [0, 0.1) is 13.8 Å². The monoisotopic (exact) mass is 381 g/mol. The van der Waals surface area contributed by atoms with Crippen molar-refractivity contribution in [2.24, 2.45) is 0 Å². The number of Topliss-reactive ketones (excluding diaryl/α,β-unsaturated/α-hetero) is 1. The maximum Gasteiger partial charge on any atom is 0.317 e. The first-order valence-corrected chi connectivity index (χ1v) is 9.40. The third-order valence-electron chi connectivity index (χ3n) is 5.51. The van der Waals surface area contributed by atoms with E-state index in [-0.39, 0.29) is 30.3 Å². The van der Waals surface area contributed by atoms with E-state index in [2.05, 4.69) is 10.3 Å². The Kier molecular flexibility index (Phi) is 4.45. The van der Waals surface area contributed by atoms with Gasteiger partial charge >= 0.3 is 6.03 Å². The average molecular weight is 381 g/mol. The summed E-state index contributed by atoms with van der Waals surface area (Å²) in [5.41, 5.74) is 1.93. The SMILES string of the molecule is Cc1cc(C)c(CNC(=O)N2CC[C@]3(CC(=O)c4ccccc4O3)C2)c(=O)[nH]1. The molecule has 1 atom stereocenters. The number of amides is 2. The van der Waals surface area contributed by atoms with Gasteiger partial charge in [0.25, 0.3) is 5.56 Å². The van der Waals surface area contributed by atoms with Gasteiger partial charge in [-0.3, -0.25) is 9.59 Å². The molecule has 1 saturated heterocycles. The Morgan fingerprint density at radius 1 is 1.29 bits per heavy atom. The van der Waals surface area contributed by atoms with Gasteiger partial charge in [-0.25, -0.2) is 4.79 Å². The fourth-order valence-corrected chi connectivity index (χ4v) is 4.07. The van der Waals surface area contributed by atoms with Crippen LogP contribution in [-0.2, 0) is 6.54 Å². The highest BCUT2D eigenvalue weighted by Gasteiger charge is 2.46. The van der Waals surface area contributed by atoms with Crippen molar-refractivity contribution in [3.63, 3.8) is 0 Å². The third kappa shape index (κ3) is 3.28. The Morgan fingerprint density at radius 2 is 2.07 bits per heavy atom. The van der Waals surface area contributed by atoms with Crippen LogP contribution < -0.4 is 15.6 Å². The van der Waals surface area contributed by atoms with Gasteiger partial charge in [-0.1, -0.05) is 12.1 Å². The highest BCUT2D eigenvalue weighted by molar-refractivity contribution is 6.00. The first kappa shape index (κ1) is 18.3. The Labute approximate surface area is 162 Å². The number of likely N-dealkylation sites (tertiary alicyclic amines) is 1. The number of ketones is 1. The van der Waals surface area contributed by atoms with Crippen LogP contribution in [0.1, 0.15) is 40.0 Å². The normalized spacial score (nSPS) is 20.8. The number of fused-ring (bicyclic) bond motifs is 1. The van der Waals surface area contributed by atoms with Crippen LogP contribution in [-0.4, -0.2) is 40.4 Å². The van der Waals surface area contributed by atoms with Gasteiger partial charge in [0, 0.05) is 24.2 Å². The number of hydrogen-bond donors (Lipinski definition) is 2. The third-order valence-corrected chi connectivity index (χ3v) is 5.51. The summed E-state index contributed by atoms with van der Waals surface area (Å²) in [6, 6.07) is 8.85.